The number of hydrogen-bond donors (Lipinski definition) is 0. The highest BCUT2D eigenvalue weighted by Crippen LogP contribution is 1.97. The fourth-order valence-electron chi connectivity index (χ4n) is 0.720. The minimum atomic E-state index is -0.162. The lowest BCUT2D eigenvalue weighted by Crippen LogP contribution is -2.01. The molecule has 0 atom stereocenters. The van der Waals surface area contributed by atoms with E-state index in [2.05, 4.69) is 15.9 Å². The van der Waals surface area contributed by atoms with Gasteiger partial charge in [0.25, 0.3) is 0 Å². The van der Waals surface area contributed by atoms with Crippen molar-refractivity contribution < 1.29 is 4.79 Å². The highest BCUT2D eigenvalue weighted by Gasteiger charge is 2.04. The van der Waals surface area contributed by atoms with Gasteiger partial charge in [-0.25, -0.2) is 4.98 Å². The normalized spacial score (nSPS) is 9.00. The van der Waals surface area contributed by atoms with Gasteiger partial charge in [0.05, 0.1) is 18.3 Å². The van der Waals surface area contributed by atoms with Crippen LogP contribution in [-0.2, 0) is 0 Å². The Kier molecular flexibility index (Phi) is 2.54. The summed E-state index contributed by atoms with van der Waals surface area (Å²) in [6.07, 6.45) is 8.04. The van der Waals surface area contributed by atoms with Crippen LogP contribution >= 0.6 is 0 Å². The first kappa shape index (κ1) is 8.41. The molecule has 0 aliphatic carbocycles. The monoisotopic (exact) mass is 160 g/mol. The molecular formula is C9H8N2O. The van der Waals surface area contributed by atoms with Gasteiger partial charge in [0.1, 0.15) is 5.69 Å². The fourth-order valence-corrected chi connectivity index (χ4v) is 0.720. The number of terminal acetylenes is 1. The molecule has 0 aromatic carbocycles. The maximum Gasteiger partial charge on any atom is 0.194 e. The van der Waals surface area contributed by atoms with Gasteiger partial charge >= 0.3 is 0 Å². The highest BCUT2D eigenvalue weighted by atomic mass is 16.1. The van der Waals surface area contributed by atoms with E-state index in [9.17, 15) is 4.79 Å². The second-order valence-electron chi connectivity index (χ2n) is 2.35. The van der Waals surface area contributed by atoms with E-state index in [4.69, 9.17) is 6.42 Å². The number of carbonyl (C=O) groups excluding carboxylic acids is 1. The number of ketones is 1. The number of aryl methyl sites for hydroxylation is 1. The van der Waals surface area contributed by atoms with Gasteiger partial charge in [-0.15, -0.1) is 6.42 Å². The van der Waals surface area contributed by atoms with Crippen molar-refractivity contribution in [2.45, 2.75) is 13.3 Å². The van der Waals surface area contributed by atoms with Crippen LogP contribution in [0.25, 0.3) is 0 Å². The first-order chi connectivity index (χ1) is 5.74. The molecule has 1 rings (SSSR count). The predicted octanol–water partition coefficient (Wildman–Crippen LogP) is 0.991. The van der Waals surface area contributed by atoms with Crippen LogP contribution < -0.4 is 0 Å². The molecule has 0 radical (unpaired) electrons. The molecule has 0 bridgehead atoms. The van der Waals surface area contributed by atoms with Crippen molar-refractivity contribution in [2.75, 3.05) is 0 Å². The molecule has 1 aromatic heterocycles. The Labute approximate surface area is 70.9 Å². The highest BCUT2D eigenvalue weighted by molar-refractivity contribution is 5.95. The third-order valence-electron chi connectivity index (χ3n) is 1.33. The molecular weight excluding hydrogens is 152 g/mol. The summed E-state index contributed by atoms with van der Waals surface area (Å²) in [6, 6.07) is 0. The topological polar surface area (TPSA) is 42.9 Å². The second-order valence-corrected chi connectivity index (χ2v) is 2.35. The summed E-state index contributed by atoms with van der Waals surface area (Å²) in [5.41, 5.74) is 1.12. The minimum Gasteiger partial charge on any atom is -0.291 e. The average Bonchev–Trinajstić information content (AvgIpc) is 2.06. The zero-order valence-electron chi connectivity index (χ0n) is 6.74. The molecule has 0 saturated carbocycles. The summed E-state index contributed by atoms with van der Waals surface area (Å²) in [5, 5.41) is 0. The molecule has 0 unspecified atom stereocenters. The van der Waals surface area contributed by atoms with Gasteiger partial charge in [0.15, 0.2) is 5.78 Å². The Morgan fingerprint density at radius 3 is 2.83 bits per heavy atom. The third-order valence-corrected chi connectivity index (χ3v) is 1.33. The second kappa shape index (κ2) is 3.63. The molecule has 0 N–H and O–H groups in total. The summed E-state index contributed by atoms with van der Waals surface area (Å²) >= 11 is 0. The first-order valence-electron chi connectivity index (χ1n) is 3.49. The quantitative estimate of drug-likeness (QED) is 0.478. The van der Waals surface area contributed by atoms with E-state index in [0.29, 0.717) is 5.69 Å². The third kappa shape index (κ3) is 1.89. The Hall–Kier alpha value is -1.69. The van der Waals surface area contributed by atoms with Crippen molar-refractivity contribution in [2.24, 2.45) is 0 Å². The van der Waals surface area contributed by atoms with Crippen molar-refractivity contribution in [3.63, 3.8) is 0 Å². The molecule has 3 nitrogen and oxygen atoms in total. The zero-order valence-corrected chi connectivity index (χ0v) is 6.74. The van der Waals surface area contributed by atoms with Crippen LogP contribution in [-0.4, -0.2) is 15.8 Å². The molecule has 1 heterocycles. The van der Waals surface area contributed by atoms with Crippen molar-refractivity contribution in [1.29, 1.82) is 0 Å². The van der Waals surface area contributed by atoms with Crippen LogP contribution in [0.15, 0.2) is 12.4 Å². The van der Waals surface area contributed by atoms with Crippen LogP contribution in [0, 0.1) is 19.3 Å². The maximum absolute atomic E-state index is 11.1. The predicted molar refractivity (Wildman–Crippen MR) is 44.5 cm³/mol. The summed E-state index contributed by atoms with van der Waals surface area (Å²) in [4.78, 5) is 18.9. The molecule has 0 fully saturated rings. The lowest BCUT2D eigenvalue weighted by Gasteiger charge is -1.94. The van der Waals surface area contributed by atoms with Crippen molar-refractivity contribution in [3.05, 3.63) is 23.8 Å². The molecule has 0 aliphatic rings. The van der Waals surface area contributed by atoms with Crippen molar-refractivity contribution in [3.8, 4) is 12.3 Å². The van der Waals surface area contributed by atoms with Gasteiger partial charge in [0.2, 0.25) is 0 Å². The number of nitrogens with zero attached hydrogens (tertiary/aromatic N) is 2. The number of aromatic nitrogens is 2. The number of carbonyl (C=O) groups is 1. The van der Waals surface area contributed by atoms with Crippen LogP contribution in [0.3, 0.4) is 0 Å². The summed E-state index contributed by atoms with van der Waals surface area (Å²) < 4.78 is 0. The molecule has 1 aromatic rings. The van der Waals surface area contributed by atoms with Crippen LogP contribution in [0.5, 0.6) is 0 Å². The summed E-state index contributed by atoms with van der Waals surface area (Å²) in [5.74, 6) is 2.10. The van der Waals surface area contributed by atoms with E-state index in [1.807, 2.05) is 6.92 Å². The van der Waals surface area contributed by atoms with Crippen molar-refractivity contribution in [1.82, 2.24) is 9.97 Å². The van der Waals surface area contributed by atoms with Crippen molar-refractivity contribution >= 4 is 5.78 Å². The van der Waals surface area contributed by atoms with Crippen LogP contribution in [0.2, 0.25) is 0 Å². The maximum atomic E-state index is 11.1. The van der Waals surface area contributed by atoms with Gasteiger partial charge in [-0.05, 0) is 6.92 Å². The Balaban J connectivity index is 2.84. The Morgan fingerprint density at radius 1 is 1.58 bits per heavy atom. The molecule has 0 amide bonds. The Morgan fingerprint density at radius 2 is 2.33 bits per heavy atom. The average molecular weight is 160 g/mol. The standard InChI is InChI=1S/C9H8N2O/c1-3-4-9(12)8-6-10-7(2)5-11-8/h1,5-6H,4H2,2H3. The summed E-state index contributed by atoms with van der Waals surface area (Å²) in [6.45, 7) is 1.81. The smallest absolute Gasteiger partial charge is 0.194 e. The summed E-state index contributed by atoms with van der Waals surface area (Å²) in [7, 11) is 0. The first-order valence-corrected chi connectivity index (χ1v) is 3.49. The SMILES string of the molecule is C#CCC(=O)c1cnc(C)cn1. The van der Waals surface area contributed by atoms with E-state index in [-0.39, 0.29) is 12.2 Å². The molecule has 3 heteroatoms. The van der Waals surface area contributed by atoms with E-state index in [1.165, 1.54) is 6.20 Å². The van der Waals surface area contributed by atoms with E-state index >= 15 is 0 Å². The fraction of sp³-hybridized carbons (Fsp3) is 0.222. The van der Waals surface area contributed by atoms with Gasteiger partial charge in [-0.1, -0.05) is 5.92 Å². The van der Waals surface area contributed by atoms with Crippen LogP contribution in [0.1, 0.15) is 22.6 Å². The number of Topliss-reactive ketones (excluding diaryl/α,β-unsaturated/α-hetero) is 1. The molecule has 0 aliphatic heterocycles. The molecule has 60 valence electrons. The lowest BCUT2D eigenvalue weighted by molar-refractivity contribution is 0.0993. The van der Waals surface area contributed by atoms with Gasteiger partial charge < -0.3 is 0 Å². The van der Waals surface area contributed by atoms with E-state index < -0.39 is 0 Å². The lowest BCUT2D eigenvalue weighted by atomic mass is 10.2. The molecule has 0 saturated heterocycles. The van der Waals surface area contributed by atoms with Gasteiger partial charge in [-0.2, -0.15) is 0 Å². The van der Waals surface area contributed by atoms with Gasteiger partial charge in [-0.3, -0.25) is 9.78 Å². The minimum absolute atomic E-state index is 0.0811. The molecule has 12 heavy (non-hydrogen) atoms. The van der Waals surface area contributed by atoms with E-state index in [1.54, 1.807) is 6.20 Å². The van der Waals surface area contributed by atoms with Crippen LogP contribution in [0.4, 0.5) is 0 Å². The number of hydrogen-bond acceptors (Lipinski definition) is 3. The largest absolute Gasteiger partial charge is 0.291 e. The molecule has 0 spiro atoms. The van der Waals surface area contributed by atoms with Gasteiger partial charge in [0, 0.05) is 6.20 Å². The Bertz CT molecular complexity index is 321. The zero-order chi connectivity index (χ0) is 8.97. The van der Waals surface area contributed by atoms with E-state index in [0.717, 1.165) is 5.69 Å². The number of rotatable bonds is 2.